The fraction of sp³-hybridized carbons (Fsp3) is 0.533. The molecule has 0 saturated carbocycles. The second-order valence-electron chi connectivity index (χ2n) is 4.52. The molecule has 2 N–H and O–H groups in total. The van der Waals surface area contributed by atoms with Gasteiger partial charge in [-0.05, 0) is 44.0 Å². The van der Waals surface area contributed by atoms with Gasteiger partial charge in [-0.15, -0.1) is 0 Å². The average Bonchev–Trinajstić information content (AvgIpc) is 2.37. The number of benzene rings is 1. The van der Waals surface area contributed by atoms with Crippen molar-refractivity contribution in [1.82, 2.24) is 5.32 Å². The van der Waals surface area contributed by atoms with E-state index in [1.54, 1.807) is 0 Å². The number of aryl methyl sites for hydroxylation is 1. The molecule has 0 aliphatic heterocycles. The second kappa shape index (κ2) is 7.75. The van der Waals surface area contributed by atoms with E-state index < -0.39 is 0 Å². The maximum Gasteiger partial charge on any atom is 0.251 e. The lowest BCUT2D eigenvalue weighted by atomic mass is 10.1. The van der Waals surface area contributed by atoms with E-state index in [0.717, 1.165) is 36.3 Å². The summed E-state index contributed by atoms with van der Waals surface area (Å²) in [6.07, 6.45) is 3.39. The predicted molar refractivity (Wildman–Crippen MR) is 77.2 cm³/mol. The summed E-state index contributed by atoms with van der Waals surface area (Å²) in [5.74, 6) is 0.0252. The van der Waals surface area contributed by atoms with Crippen molar-refractivity contribution < 1.29 is 4.79 Å². The lowest BCUT2D eigenvalue weighted by molar-refractivity contribution is 0.0953. The van der Waals surface area contributed by atoms with Crippen LogP contribution in [-0.2, 0) is 0 Å². The Morgan fingerprint density at radius 3 is 2.61 bits per heavy atom. The molecule has 1 aromatic carbocycles. The van der Waals surface area contributed by atoms with Gasteiger partial charge in [0.15, 0.2) is 0 Å². The summed E-state index contributed by atoms with van der Waals surface area (Å²) in [6, 6.07) is 5.78. The molecule has 0 aliphatic rings. The lowest BCUT2D eigenvalue weighted by Crippen LogP contribution is -2.24. The van der Waals surface area contributed by atoms with Crippen LogP contribution in [-0.4, -0.2) is 19.0 Å². The Morgan fingerprint density at radius 1 is 1.22 bits per heavy atom. The van der Waals surface area contributed by atoms with Crippen LogP contribution in [0, 0.1) is 6.92 Å². The van der Waals surface area contributed by atoms with Crippen LogP contribution in [0.5, 0.6) is 0 Å². The highest BCUT2D eigenvalue weighted by molar-refractivity contribution is 5.94. The van der Waals surface area contributed by atoms with Gasteiger partial charge in [0.05, 0.1) is 0 Å². The smallest absolute Gasteiger partial charge is 0.251 e. The number of carbonyl (C=O) groups is 1. The molecule has 0 aromatic heterocycles. The van der Waals surface area contributed by atoms with Crippen LogP contribution in [0.4, 0.5) is 5.69 Å². The zero-order valence-electron chi connectivity index (χ0n) is 11.7. The summed E-state index contributed by atoms with van der Waals surface area (Å²) < 4.78 is 0. The maximum absolute atomic E-state index is 11.9. The monoisotopic (exact) mass is 248 g/mol. The lowest BCUT2D eigenvalue weighted by Gasteiger charge is -2.10. The molecule has 0 unspecified atom stereocenters. The summed E-state index contributed by atoms with van der Waals surface area (Å²) in [6.45, 7) is 7.90. The van der Waals surface area contributed by atoms with Crippen LogP contribution in [0.1, 0.15) is 49.0 Å². The van der Waals surface area contributed by atoms with E-state index in [-0.39, 0.29) is 5.91 Å². The van der Waals surface area contributed by atoms with Crippen LogP contribution in [0.15, 0.2) is 18.2 Å². The molecule has 1 amide bonds. The summed E-state index contributed by atoms with van der Waals surface area (Å²) in [4.78, 5) is 11.9. The van der Waals surface area contributed by atoms with Gasteiger partial charge in [0, 0.05) is 24.3 Å². The molecule has 0 heterocycles. The van der Waals surface area contributed by atoms with Crippen molar-refractivity contribution in [2.75, 3.05) is 18.4 Å². The highest BCUT2D eigenvalue weighted by Crippen LogP contribution is 2.16. The van der Waals surface area contributed by atoms with Gasteiger partial charge in [-0.3, -0.25) is 4.79 Å². The Kier molecular flexibility index (Phi) is 6.26. The molecule has 3 heteroatoms. The van der Waals surface area contributed by atoms with E-state index in [0.29, 0.717) is 0 Å². The zero-order chi connectivity index (χ0) is 13.4. The van der Waals surface area contributed by atoms with E-state index in [1.165, 1.54) is 12.8 Å². The fourth-order valence-electron chi connectivity index (χ4n) is 1.87. The van der Waals surface area contributed by atoms with Crippen molar-refractivity contribution in [3.05, 3.63) is 29.3 Å². The Hall–Kier alpha value is -1.51. The molecule has 0 aliphatic carbocycles. The summed E-state index contributed by atoms with van der Waals surface area (Å²) in [7, 11) is 0. The highest BCUT2D eigenvalue weighted by atomic mass is 16.1. The molecule has 0 radical (unpaired) electrons. The second-order valence-corrected chi connectivity index (χ2v) is 4.52. The molecule has 0 bridgehead atoms. The van der Waals surface area contributed by atoms with Gasteiger partial charge < -0.3 is 10.6 Å². The van der Waals surface area contributed by atoms with Crippen molar-refractivity contribution in [2.24, 2.45) is 0 Å². The summed E-state index contributed by atoms with van der Waals surface area (Å²) >= 11 is 0. The normalized spacial score (nSPS) is 10.2. The summed E-state index contributed by atoms with van der Waals surface area (Å²) in [5, 5.41) is 6.22. The number of carbonyl (C=O) groups excluding carboxylic acids is 1. The molecule has 0 fully saturated rings. The first-order valence-corrected chi connectivity index (χ1v) is 6.81. The minimum Gasteiger partial charge on any atom is -0.385 e. The number of hydrogen-bond donors (Lipinski definition) is 2. The van der Waals surface area contributed by atoms with Gasteiger partial charge in [-0.1, -0.05) is 19.8 Å². The number of rotatable bonds is 7. The summed E-state index contributed by atoms with van der Waals surface area (Å²) in [5.41, 5.74) is 2.95. The minimum atomic E-state index is 0.0252. The van der Waals surface area contributed by atoms with Crippen LogP contribution >= 0.6 is 0 Å². The van der Waals surface area contributed by atoms with Crippen LogP contribution in [0.3, 0.4) is 0 Å². The number of amides is 1. The molecule has 0 spiro atoms. The first-order valence-electron chi connectivity index (χ1n) is 6.81. The highest BCUT2D eigenvalue weighted by Gasteiger charge is 2.06. The minimum absolute atomic E-state index is 0.0252. The predicted octanol–water partition coefficient (Wildman–Crippen LogP) is 3.35. The van der Waals surface area contributed by atoms with Gasteiger partial charge in [0.1, 0.15) is 0 Å². The molecule has 1 aromatic rings. The van der Waals surface area contributed by atoms with Crippen molar-refractivity contribution in [3.63, 3.8) is 0 Å². The first kappa shape index (κ1) is 14.6. The van der Waals surface area contributed by atoms with Gasteiger partial charge >= 0.3 is 0 Å². The van der Waals surface area contributed by atoms with Crippen molar-refractivity contribution in [3.8, 4) is 0 Å². The SMILES string of the molecule is CCCCCNC(=O)c1ccc(NCC)c(C)c1. The largest absolute Gasteiger partial charge is 0.385 e. The average molecular weight is 248 g/mol. The standard InChI is InChI=1S/C15H24N2O/c1-4-6-7-10-17-15(18)13-8-9-14(16-5-2)12(3)11-13/h8-9,11,16H,4-7,10H2,1-3H3,(H,17,18). The van der Waals surface area contributed by atoms with E-state index >= 15 is 0 Å². The third-order valence-corrected chi connectivity index (χ3v) is 2.92. The maximum atomic E-state index is 11.9. The van der Waals surface area contributed by atoms with Crippen molar-refractivity contribution >= 4 is 11.6 Å². The molecule has 0 atom stereocenters. The van der Waals surface area contributed by atoms with Gasteiger partial charge in [-0.25, -0.2) is 0 Å². The topological polar surface area (TPSA) is 41.1 Å². The van der Waals surface area contributed by atoms with Gasteiger partial charge in [0.2, 0.25) is 0 Å². The Labute approximate surface area is 110 Å². The van der Waals surface area contributed by atoms with Crippen molar-refractivity contribution in [1.29, 1.82) is 0 Å². The molecule has 1 rings (SSSR count). The molecule has 0 saturated heterocycles. The van der Waals surface area contributed by atoms with Crippen LogP contribution < -0.4 is 10.6 Å². The van der Waals surface area contributed by atoms with E-state index in [1.807, 2.05) is 25.1 Å². The fourth-order valence-corrected chi connectivity index (χ4v) is 1.87. The zero-order valence-corrected chi connectivity index (χ0v) is 11.7. The Balaban J connectivity index is 2.55. The van der Waals surface area contributed by atoms with Gasteiger partial charge in [0.25, 0.3) is 5.91 Å². The molecular weight excluding hydrogens is 224 g/mol. The Morgan fingerprint density at radius 2 is 2.00 bits per heavy atom. The molecular formula is C15H24N2O. The van der Waals surface area contributed by atoms with E-state index in [9.17, 15) is 4.79 Å². The molecule has 3 nitrogen and oxygen atoms in total. The van der Waals surface area contributed by atoms with Gasteiger partial charge in [-0.2, -0.15) is 0 Å². The van der Waals surface area contributed by atoms with E-state index in [4.69, 9.17) is 0 Å². The quantitative estimate of drug-likeness (QED) is 0.727. The third-order valence-electron chi connectivity index (χ3n) is 2.92. The first-order chi connectivity index (χ1) is 8.69. The molecule has 100 valence electrons. The number of unbranched alkanes of at least 4 members (excludes halogenated alkanes) is 2. The van der Waals surface area contributed by atoms with Crippen LogP contribution in [0.25, 0.3) is 0 Å². The number of anilines is 1. The van der Waals surface area contributed by atoms with E-state index in [2.05, 4.69) is 24.5 Å². The van der Waals surface area contributed by atoms with Crippen LogP contribution in [0.2, 0.25) is 0 Å². The third kappa shape index (κ3) is 4.40. The number of nitrogens with one attached hydrogen (secondary N) is 2. The van der Waals surface area contributed by atoms with Crippen molar-refractivity contribution in [2.45, 2.75) is 40.0 Å². The molecule has 18 heavy (non-hydrogen) atoms. The number of hydrogen-bond acceptors (Lipinski definition) is 2. The Bertz CT molecular complexity index is 388.